The highest BCUT2D eigenvalue weighted by Gasteiger charge is 2.50. The summed E-state index contributed by atoms with van der Waals surface area (Å²) in [4.78, 5) is 30.0. The summed E-state index contributed by atoms with van der Waals surface area (Å²) >= 11 is 0. The van der Waals surface area contributed by atoms with Gasteiger partial charge in [-0.3, -0.25) is 14.9 Å². The molecule has 2 aromatic carbocycles. The lowest BCUT2D eigenvalue weighted by atomic mass is 9.58. The lowest BCUT2D eigenvalue weighted by Gasteiger charge is -2.51. The van der Waals surface area contributed by atoms with E-state index in [1.54, 1.807) is 19.2 Å². The summed E-state index contributed by atoms with van der Waals surface area (Å²) in [6.07, 6.45) is 4.36. The lowest BCUT2D eigenvalue weighted by molar-refractivity contribution is -0.383. The number of carbonyl (C=O) groups excluding carboxylic acids is 1. The van der Waals surface area contributed by atoms with Gasteiger partial charge >= 0.3 is 0 Å². The van der Waals surface area contributed by atoms with Crippen molar-refractivity contribution in [3.8, 4) is 5.75 Å². The highest BCUT2D eigenvalue weighted by Crippen LogP contribution is 2.51. The van der Waals surface area contributed by atoms with Crippen LogP contribution in [0.25, 0.3) is 10.9 Å². The van der Waals surface area contributed by atoms with E-state index in [4.69, 9.17) is 4.74 Å². The average Bonchev–Trinajstić information content (AvgIpc) is 3.62. The zero-order valence-electron chi connectivity index (χ0n) is 18.7. The first-order chi connectivity index (χ1) is 16.0. The number of aromatic nitrogens is 1. The molecule has 1 saturated carbocycles. The number of benzene rings is 2. The summed E-state index contributed by atoms with van der Waals surface area (Å²) in [6.45, 7) is 1.44. The molecule has 1 aliphatic heterocycles. The zero-order valence-corrected chi connectivity index (χ0v) is 18.7. The van der Waals surface area contributed by atoms with Crippen molar-refractivity contribution in [2.24, 2.45) is 11.8 Å². The maximum Gasteiger partial charge on any atom is 0.279 e. The van der Waals surface area contributed by atoms with Gasteiger partial charge in [0, 0.05) is 36.2 Å². The molecular formula is C26H27N3O4. The minimum atomic E-state index is -0.288. The van der Waals surface area contributed by atoms with E-state index in [-0.39, 0.29) is 33.8 Å². The van der Waals surface area contributed by atoms with Crippen LogP contribution in [0.5, 0.6) is 5.75 Å². The van der Waals surface area contributed by atoms with Crippen LogP contribution in [0.3, 0.4) is 0 Å². The number of fused-ring (bicyclic) bond motifs is 4. The Morgan fingerprint density at radius 3 is 2.82 bits per heavy atom. The molecule has 2 fully saturated rings. The Kier molecular flexibility index (Phi) is 4.50. The molecule has 1 unspecified atom stereocenters. The maximum absolute atomic E-state index is 12.9. The van der Waals surface area contributed by atoms with Crippen LogP contribution in [0, 0.1) is 22.0 Å². The minimum Gasteiger partial charge on any atom is -0.497 e. The van der Waals surface area contributed by atoms with Gasteiger partial charge in [-0.2, -0.15) is 0 Å². The van der Waals surface area contributed by atoms with Gasteiger partial charge in [0.15, 0.2) is 0 Å². The van der Waals surface area contributed by atoms with E-state index in [0.29, 0.717) is 13.0 Å². The molecule has 1 amide bonds. The van der Waals surface area contributed by atoms with Crippen LogP contribution >= 0.6 is 0 Å². The lowest BCUT2D eigenvalue weighted by Crippen LogP contribution is -2.55. The average molecular weight is 446 g/mol. The predicted octanol–water partition coefficient (Wildman–Crippen LogP) is 4.38. The molecule has 2 heterocycles. The first-order valence-electron chi connectivity index (χ1n) is 11.7. The smallest absolute Gasteiger partial charge is 0.279 e. The number of hydrogen-bond donors (Lipinski definition) is 1. The maximum atomic E-state index is 12.9. The molecule has 1 saturated heterocycles. The topological polar surface area (TPSA) is 88.5 Å². The Bertz CT molecular complexity index is 1280. The number of nitro groups is 1. The second kappa shape index (κ2) is 7.33. The number of nitro benzene ring substituents is 1. The zero-order chi connectivity index (χ0) is 22.7. The highest BCUT2D eigenvalue weighted by molar-refractivity contribution is 5.93. The summed E-state index contributed by atoms with van der Waals surface area (Å²) < 4.78 is 5.53. The number of piperidine rings is 1. The molecule has 33 heavy (non-hydrogen) atoms. The number of hydrogen-bond acceptors (Lipinski definition) is 4. The van der Waals surface area contributed by atoms with E-state index < -0.39 is 0 Å². The third kappa shape index (κ3) is 3.13. The van der Waals surface area contributed by atoms with E-state index in [9.17, 15) is 14.9 Å². The molecular weight excluding hydrogens is 418 g/mol. The standard InChI is InChI=1S/C26H27N3O4/c1-33-19-5-2-4-17(12-19)26-10-11-28(25(30)16-8-9-16)15-18(26)13-20-22(14-26)27-21-6-3-7-23(24(20)21)29(31)32/h2-7,12,16,18,27H,8-11,13-15H2,1H3/t18?,26-/m1/s1. The van der Waals surface area contributed by atoms with E-state index in [1.807, 2.05) is 18.2 Å². The van der Waals surface area contributed by atoms with Crippen LogP contribution in [0.1, 0.15) is 36.1 Å². The van der Waals surface area contributed by atoms with E-state index in [1.165, 1.54) is 5.56 Å². The van der Waals surface area contributed by atoms with Crippen molar-refractivity contribution in [3.63, 3.8) is 0 Å². The fraction of sp³-hybridized carbons (Fsp3) is 0.423. The van der Waals surface area contributed by atoms with Gasteiger partial charge in [-0.15, -0.1) is 0 Å². The van der Waals surface area contributed by atoms with Gasteiger partial charge in [-0.25, -0.2) is 0 Å². The molecule has 2 aliphatic carbocycles. The minimum absolute atomic E-state index is 0.141. The monoisotopic (exact) mass is 445 g/mol. The molecule has 3 aliphatic rings. The molecule has 7 heteroatoms. The van der Waals surface area contributed by atoms with Crippen LogP contribution in [0.4, 0.5) is 5.69 Å². The largest absolute Gasteiger partial charge is 0.497 e. The normalized spacial score (nSPS) is 24.3. The molecule has 3 aromatic rings. The van der Waals surface area contributed by atoms with Crippen molar-refractivity contribution in [1.82, 2.24) is 9.88 Å². The number of non-ortho nitro benzene ring substituents is 1. The second-order valence-corrected chi connectivity index (χ2v) is 9.81. The van der Waals surface area contributed by atoms with Gasteiger partial charge in [0.2, 0.25) is 5.91 Å². The fourth-order valence-corrected chi connectivity index (χ4v) is 6.21. The third-order valence-corrected chi connectivity index (χ3v) is 8.07. The number of nitrogens with one attached hydrogen (secondary N) is 1. The molecule has 0 bridgehead atoms. The SMILES string of the molecule is COc1cccc([C@]23CCN(C(=O)C4CC4)CC2Cc2c([nH]c4cccc([N+](=O)[O-])c24)C3)c1. The van der Waals surface area contributed by atoms with Gasteiger partial charge in [-0.1, -0.05) is 18.2 Å². The number of rotatable bonds is 4. The summed E-state index contributed by atoms with van der Waals surface area (Å²) in [5.41, 5.74) is 4.18. The molecule has 1 N–H and O–H groups in total. The number of likely N-dealkylation sites (tertiary alicyclic amines) is 1. The molecule has 0 radical (unpaired) electrons. The number of carbonyl (C=O) groups is 1. The van der Waals surface area contributed by atoms with Crippen molar-refractivity contribution in [2.45, 2.75) is 37.5 Å². The van der Waals surface area contributed by atoms with Gasteiger partial charge < -0.3 is 14.6 Å². The highest BCUT2D eigenvalue weighted by atomic mass is 16.6. The van der Waals surface area contributed by atoms with E-state index in [0.717, 1.165) is 60.1 Å². The van der Waals surface area contributed by atoms with E-state index >= 15 is 0 Å². The number of H-pyrrole nitrogens is 1. The summed E-state index contributed by atoms with van der Waals surface area (Å²) in [5.74, 6) is 1.50. The van der Waals surface area contributed by atoms with Gasteiger partial charge in [0.25, 0.3) is 5.69 Å². The first-order valence-corrected chi connectivity index (χ1v) is 11.7. The molecule has 0 spiro atoms. The summed E-state index contributed by atoms with van der Waals surface area (Å²) in [7, 11) is 1.68. The molecule has 6 rings (SSSR count). The van der Waals surface area contributed by atoms with Gasteiger partial charge in [0.1, 0.15) is 5.75 Å². The Morgan fingerprint density at radius 1 is 1.24 bits per heavy atom. The fourth-order valence-electron chi connectivity index (χ4n) is 6.21. The number of aromatic amines is 1. The first kappa shape index (κ1) is 20.3. The van der Waals surface area contributed by atoms with Crippen LogP contribution in [0.2, 0.25) is 0 Å². The van der Waals surface area contributed by atoms with Crippen LogP contribution in [0.15, 0.2) is 42.5 Å². The van der Waals surface area contributed by atoms with Crippen molar-refractivity contribution in [3.05, 3.63) is 69.4 Å². The second-order valence-electron chi connectivity index (χ2n) is 9.81. The predicted molar refractivity (Wildman–Crippen MR) is 124 cm³/mol. The van der Waals surface area contributed by atoms with Crippen LogP contribution in [-0.4, -0.2) is 40.9 Å². The van der Waals surface area contributed by atoms with Gasteiger partial charge in [-0.05, 0) is 67.3 Å². The molecule has 7 nitrogen and oxygen atoms in total. The van der Waals surface area contributed by atoms with Crippen molar-refractivity contribution in [1.29, 1.82) is 0 Å². The Labute approximate surface area is 191 Å². The van der Waals surface area contributed by atoms with Gasteiger partial charge in [0.05, 0.1) is 22.9 Å². The van der Waals surface area contributed by atoms with Crippen molar-refractivity contribution in [2.75, 3.05) is 20.2 Å². The van der Waals surface area contributed by atoms with Crippen molar-refractivity contribution < 1.29 is 14.5 Å². The molecule has 1 aromatic heterocycles. The number of ether oxygens (including phenoxy) is 1. The quantitative estimate of drug-likeness (QED) is 0.477. The van der Waals surface area contributed by atoms with Crippen LogP contribution in [-0.2, 0) is 23.1 Å². The Balaban J connectivity index is 1.48. The molecule has 170 valence electrons. The van der Waals surface area contributed by atoms with E-state index in [2.05, 4.69) is 22.0 Å². The summed E-state index contributed by atoms with van der Waals surface area (Å²) in [6, 6.07) is 13.5. The number of methoxy groups -OCH3 is 1. The molecule has 2 atom stereocenters. The number of amides is 1. The Morgan fingerprint density at radius 2 is 2.06 bits per heavy atom. The summed E-state index contributed by atoms with van der Waals surface area (Å²) in [5, 5.41) is 12.5. The Hall–Kier alpha value is -3.35. The third-order valence-electron chi connectivity index (χ3n) is 8.07. The number of nitrogens with zero attached hydrogens (tertiary/aromatic N) is 2. The van der Waals surface area contributed by atoms with Crippen molar-refractivity contribution >= 4 is 22.5 Å². The van der Waals surface area contributed by atoms with Crippen LogP contribution < -0.4 is 4.74 Å².